The van der Waals surface area contributed by atoms with Gasteiger partial charge in [-0.3, -0.25) is 9.59 Å². The SMILES string of the molecule is CC(=O)OC(C1CC(C)C2C(O1)C(=O)C1(C)C3CCC4C(C)(C)C(OC5OCC(O)C(O)C5O)CCC45C(C)C35CCC21C)C(C)(C)O. The summed E-state index contributed by atoms with van der Waals surface area (Å²) in [4.78, 5) is 27.1. The molecule has 7 aliphatic rings. The van der Waals surface area contributed by atoms with Crippen molar-refractivity contribution < 1.29 is 49.0 Å². The summed E-state index contributed by atoms with van der Waals surface area (Å²) in [5, 5.41) is 41.9. The van der Waals surface area contributed by atoms with Gasteiger partial charge in [0.05, 0.1) is 24.4 Å². The molecule has 0 aromatic heterocycles. The van der Waals surface area contributed by atoms with Crippen molar-refractivity contribution in [2.24, 2.45) is 56.7 Å². The van der Waals surface area contributed by atoms with E-state index in [4.69, 9.17) is 18.9 Å². The summed E-state index contributed by atoms with van der Waals surface area (Å²) in [6, 6.07) is 0. The Kier molecular flexibility index (Phi) is 8.04. The number of aliphatic hydroxyl groups excluding tert-OH is 3. The van der Waals surface area contributed by atoms with E-state index >= 15 is 4.79 Å². The van der Waals surface area contributed by atoms with E-state index in [1.807, 2.05) is 0 Å². The quantitative estimate of drug-likeness (QED) is 0.250. The van der Waals surface area contributed by atoms with Crippen LogP contribution in [0.1, 0.15) is 107 Å². The van der Waals surface area contributed by atoms with Crippen LogP contribution in [0.15, 0.2) is 0 Å². The van der Waals surface area contributed by atoms with Crippen molar-refractivity contribution in [2.75, 3.05) is 6.61 Å². The van der Waals surface area contributed by atoms with E-state index in [9.17, 15) is 25.2 Å². The van der Waals surface area contributed by atoms with Crippen molar-refractivity contribution in [3.05, 3.63) is 0 Å². The van der Waals surface area contributed by atoms with Gasteiger partial charge >= 0.3 is 5.97 Å². The number of aliphatic hydroxyl groups is 4. The minimum atomic E-state index is -1.32. The molecule has 0 aromatic carbocycles. The highest BCUT2D eigenvalue weighted by molar-refractivity contribution is 5.93. The van der Waals surface area contributed by atoms with E-state index < -0.39 is 59.9 Å². The van der Waals surface area contributed by atoms with E-state index in [0.717, 1.165) is 38.5 Å². The first-order valence-electron chi connectivity index (χ1n) is 18.6. The summed E-state index contributed by atoms with van der Waals surface area (Å²) in [7, 11) is 0. The second kappa shape index (κ2) is 10.9. The average Bonchev–Trinajstić information content (AvgIpc) is 3.47. The lowest BCUT2D eigenvalue weighted by Crippen LogP contribution is -2.60. The monoisotopic (exact) mass is 676 g/mol. The molecule has 7 rings (SSSR count). The molecule has 5 saturated carbocycles. The van der Waals surface area contributed by atoms with Gasteiger partial charge in [-0.1, -0.05) is 41.5 Å². The van der Waals surface area contributed by atoms with Crippen LogP contribution in [0, 0.1) is 56.7 Å². The fourth-order valence-corrected chi connectivity index (χ4v) is 14.1. The van der Waals surface area contributed by atoms with Crippen LogP contribution in [0.2, 0.25) is 0 Å². The third-order valence-electron chi connectivity index (χ3n) is 16.3. The van der Waals surface area contributed by atoms with Gasteiger partial charge in [-0.2, -0.15) is 0 Å². The molecule has 4 N–H and O–H groups in total. The van der Waals surface area contributed by atoms with E-state index in [1.54, 1.807) is 13.8 Å². The smallest absolute Gasteiger partial charge is 0.303 e. The van der Waals surface area contributed by atoms with Crippen LogP contribution in [-0.2, 0) is 28.5 Å². The van der Waals surface area contributed by atoms with Gasteiger partial charge in [0.2, 0.25) is 0 Å². The van der Waals surface area contributed by atoms with E-state index in [0.29, 0.717) is 18.3 Å². The summed E-state index contributed by atoms with van der Waals surface area (Å²) in [6.07, 6.45) is -0.553. The molecule has 0 amide bonds. The van der Waals surface area contributed by atoms with Gasteiger partial charge in [0.1, 0.15) is 24.4 Å². The topological polar surface area (TPSA) is 152 Å². The Balaban J connectivity index is 1.17. The molecule has 2 aliphatic heterocycles. The zero-order chi connectivity index (χ0) is 35.1. The predicted molar refractivity (Wildman–Crippen MR) is 174 cm³/mol. The maximum atomic E-state index is 15.1. The van der Waals surface area contributed by atoms with Gasteiger partial charge < -0.3 is 39.4 Å². The van der Waals surface area contributed by atoms with Crippen LogP contribution >= 0.6 is 0 Å². The van der Waals surface area contributed by atoms with Crippen LogP contribution in [-0.4, -0.2) is 93.4 Å². The van der Waals surface area contributed by atoms with Gasteiger partial charge in [0, 0.05) is 18.3 Å². The van der Waals surface area contributed by atoms with Crippen molar-refractivity contribution in [1.82, 2.24) is 0 Å². The summed E-state index contributed by atoms with van der Waals surface area (Å²) in [6.45, 7) is 18.3. The standard InChI is InChI=1S/C38H60O10/c1-18-16-22(31(34(6,7)44)46-20(3)39)47-29-26(18)35(8)14-15-38-19(2)37(38)13-12-25(48-32-28(42)27(41)21(40)17-45-32)33(4,5)23(37)10-11-24(38)36(35,9)30(29)43/h18-19,21-29,31-32,40-42,44H,10-17H2,1-9H3. The summed E-state index contributed by atoms with van der Waals surface area (Å²) >= 11 is 0. The highest BCUT2D eigenvalue weighted by Gasteiger charge is 2.88. The number of rotatable bonds is 5. The van der Waals surface area contributed by atoms with Gasteiger partial charge in [-0.05, 0) is 104 Å². The number of hydrogen-bond donors (Lipinski definition) is 4. The molecule has 0 bridgehead atoms. The maximum absolute atomic E-state index is 15.1. The molecule has 48 heavy (non-hydrogen) atoms. The Morgan fingerprint density at radius 2 is 1.60 bits per heavy atom. The number of Topliss-reactive ketones (excluding diaryl/α,β-unsaturated/α-hetero) is 1. The molecule has 10 heteroatoms. The second-order valence-corrected chi connectivity index (χ2v) is 18.7. The van der Waals surface area contributed by atoms with Gasteiger partial charge in [-0.15, -0.1) is 0 Å². The summed E-state index contributed by atoms with van der Waals surface area (Å²) in [5.74, 6) is 0.998. The fourth-order valence-electron chi connectivity index (χ4n) is 14.1. The summed E-state index contributed by atoms with van der Waals surface area (Å²) in [5.41, 5.74) is -2.20. The Morgan fingerprint density at radius 3 is 2.25 bits per heavy atom. The number of ketones is 1. The Hall–Kier alpha value is -1.14. The zero-order valence-electron chi connectivity index (χ0n) is 30.4. The average molecular weight is 677 g/mol. The highest BCUT2D eigenvalue weighted by Crippen LogP contribution is 2.91. The number of hydrogen-bond acceptors (Lipinski definition) is 10. The minimum Gasteiger partial charge on any atom is -0.457 e. The van der Waals surface area contributed by atoms with Crippen molar-refractivity contribution in [1.29, 1.82) is 0 Å². The molecule has 7 fully saturated rings. The van der Waals surface area contributed by atoms with Crippen molar-refractivity contribution in [3.63, 3.8) is 0 Å². The first-order valence-corrected chi connectivity index (χ1v) is 18.6. The van der Waals surface area contributed by atoms with Crippen molar-refractivity contribution >= 4 is 11.8 Å². The normalized spacial score (nSPS) is 54.6. The number of carbonyl (C=O) groups is 2. The molecule has 2 saturated heterocycles. The molecule has 272 valence electrons. The third kappa shape index (κ3) is 4.29. The molecule has 17 atom stereocenters. The minimum absolute atomic E-state index is 0.0483. The molecule has 0 aromatic rings. The molecular formula is C38H60O10. The molecule has 17 unspecified atom stereocenters. The molecule has 10 nitrogen and oxygen atoms in total. The molecule has 5 aliphatic carbocycles. The van der Waals surface area contributed by atoms with Gasteiger partial charge in [0.15, 0.2) is 18.2 Å². The molecule has 0 radical (unpaired) electrons. The number of carbonyl (C=O) groups excluding carboxylic acids is 2. The lowest BCUT2D eigenvalue weighted by molar-refractivity contribution is -0.302. The largest absolute Gasteiger partial charge is 0.457 e. The van der Waals surface area contributed by atoms with Crippen LogP contribution in [0.5, 0.6) is 0 Å². The Bertz CT molecular complexity index is 1330. The molecule has 2 heterocycles. The van der Waals surface area contributed by atoms with Crippen molar-refractivity contribution in [2.45, 2.75) is 162 Å². The third-order valence-corrected chi connectivity index (χ3v) is 16.3. The Labute approximate surface area is 285 Å². The number of fused-ring (bicyclic) bond motifs is 4. The lowest BCUT2D eigenvalue weighted by atomic mass is 9.41. The predicted octanol–water partition coefficient (Wildman–Crippen LogP) is 3.78. The number of ether oxygens (including phenoxy) is 4. The van der Waals surface area contributed by atoms with Gasteiger partial charge in [-0.25, -0.2) is 0 Å². The molecule has 2 spiro atoms. The second-order valence-electron chi connectivity index (χ2n) is 18.7. The van der Waals surface area contributed by atoms with E-state index in [2.05, 4.69) is 41.5 Å². The van der Waals surface area contributed by atoms with Crippen LogP contribution in [0.25, 0.3) is 0 Å². The first-order chi connectivity index (χ1) is 22.2. The highest BCUT2D eigenvalue weighted by atomic mass is 16.7. The van der Waals surface area contributed by atoms with Crippen LogP contribution < -0.4 is 0 Å². The fraction of sp³-hybridized carbons (Fsp3) is 0.947. The van der Waals surface area contributed by atoms with E-state index in [1.165, 1.54) is 6.92 Å². The van der Waals surface area contributed by atoms with Crippen molar-refractivity contribution in [3.8, 4) is 0 Å². The zero-order valence-corrected chi connectivity index (χ0v) is 30.4. The summed E-state index contributed by atoms with van der Waals surface area (Å²) < 4.78 is 24.5. The Morgan fingerprint density at radius 1 is 0.958 bits per heavy atom. The lowest BCUT2D eigenvalue weighted by Gasteiger charge is -2.62. The van der Waals surface area contributed by atoms with E-state index in [-0.39, 0.29) is 57.9 Å². The van der Waals surface area contributed by atoms with Crippen LogP contribution in [0.3, 0.4) is 0 Å². The maximum Gasteiger partial charge on any atom is 0.303 e. The first kappa shape index (κ1) is 35.3. The van der Waals surface area contributed by atoms with Crippen LogP contribution in [0.4, 0.5) is 0 Å². The molecular weight excluding hydrogens is 616 g/mol. The number of esters is 1. The van der Waals surface area contributed by atoms with Gasteiger partial charge in [0.25, 0.3) is 0 Å².